The average Bonchev–Trinajstić information content (AvgIpc) is 2.99. The Labute approximate surface area is 124 Å². The van der Waals surface area contributed by atoms with Crippen molar-refractivity contribution >= 4 is 22.7 Å². The molecule has 1 aromatic heterocycles. The van der Waals surface area contributed by atoms with Crippen molar-refractivity contribution < 1.29 is 9.90 Å². The zero-order valence-corrected chi connectivity index (χ0v) is 12.5. The molecule has 2 heterocycles. The molecule has 1 aliphatic heterocycles. The average molecular weight is 284 g/mol. The number of benzene rings is 1. The van der Waals surface area contributed by atoms with Crippen LogP contribution in [-0.2, 0) is 0 Å². The topological polar surface area (TPSA) is 53.4 Å². The van der Waals surface area contributed by atoms with Crippen LogP contribution in [0.4, 0.5) is 5.82 Å². The third kappa shape index (κ3) is 2.58. The maximum Gasteiger partial charge on any atom is 0.339 e. The van der Waals surface area contributed by atoms with E-state index in [4.69, 9.17) is 0 Å². The van der Waals surface area contributed by atoms with E-state index in [0.717, 1.165) is 36.8 Å². The highest BCUT2D eigenvalue weighted by Crippen LogP contribution is 2.28. The van der Waals surface area contributed by atoms with Crippen LogP contribution in [0.1, 0.15) is 48.5 Å². The molecule has 1 aromatic carbocycles. The molecule has 1 saturated heterocycles. The van der Waals surface area contributed by atoms with Crippen molar-refractivity contribution in [2.75, 3.05) is 18.0 Å². The fourth-order valence-corrected chi connectivity index (χ4v) is 2.87. The molecule has 0 radical (unpaired) electrons. The van der Waals surface area contributed by atoms with Crippen LogP contribution < -0.4 is 4.90 Å². The van der Waals surface area contributed by atoms with Gasteiger partial charge in [0.15, 0.2) is 0 Å². The second kappa shape index (κ2) is 5.35. The van der Waals surface area contributed by atoms with Gasteiger partial charge < -0.3 is 10.0 Å². The van der Waals surface area contributed by atoms with Gasteiger partial charge in [-0.1, -0.05) is 19.9 Å². The standard InChI is InChI=1S/C17H20N2O2/c1-11(2)12-5-6-15-13(9-12)10-14(17(20)21)16(18-15)19-7-3-4-8-19/h5-6,9-11H,3-4,7-8H2,1-2H3,(H,20,21). The number of anilines is 1. The van der Waals surface area contributed by atoms with Crippen LogP contribution in [-0.4, -0.2) is 29.1 Å². The number of rotatable bonds is 3. The zero-order chi connectivity index (χ0) is 15.0. The second-order valence-corrected chi connectivity index (χ2v) is 5.97. The summed E-state index contributed by atoms with van der Waals surface area (Å²) in [5.74, 6) is 0.131. The summed E-state index contributed by atoms with van der Waals surface area (Å²) in [6.07, 6.45) is 2.20. The van der Waals surface area contributed by atoms with Crippen molar-refractivity contribution in [2.45, 2.75) is 32.6 Å². The number of fused-ring (bicyclic) bond motifs is 1. The van der Waals surface area contributed by atoms with Crippen LogP contribution >= 0.6 is 0 Å². The van der Waals surface area contributed by atoms with Crippen LogP contribution in [0.25, 0.3) is 10.9 Å². The van der Waals surface area contributed by atoms with Crippen LogP contribution in [0.3, 0.4) is 0 Å². The Morgan fingerprint density at radius 3 is 2.57 bits per heavy atom. The van der Waals surface area contributed by atoms with E-state index in [0.29, 0.717) is 17.3 Å². The van der Waals surface area contributed by atoms with Gasteiger partial charge in [-0.15, -0.1) is 0 Å². The fraction of sp³-hybridized carbons (Fsp3) is 0.412. The first-order valence-corrected chi connectivity index (χ1v) is 7.49. The lowest BCUT2D eigenvalue weighted by atomic mass is 10.0. The second-order valence-electron chi connectivity index (χ2n) is 5.97. The highest BCUT2D eigenvalue weighted by molar-refractivity contribution is 5.98. The number of aromatic nitrogens is 1. The summed E-state index contributed by atoms with van der Waals surface area (Å²) in [7, 11) is 0. The smallest absolute Gasteiger partial charge is 0.339 e. The normalized spacial score (nSPS) is 15.1. The SMILES string of the molecule is CC(C)c1ccc2nc(N3CCCC3)c(C(=O)O)cc2c1. The minimum absolute atomic E-state index is 0.310. The van der Waals surface area contributed by atoms with Gasteiger partial charge in [0.25, 0.3) is 0 Å². The first-order chi connectivity index (χ1) is 10.1. The van der Waals surface area contributed by atoms with Crippen LogP contribution in [0.5, 0.6) is 0 Å². The van der Waals surface area contributed by atoms with Crippen molar-refractivity contribution in [1.29, 1.82) is 0 Å². The molecule has 1 N–H and O–H groups in total. The summed E-state index contributed by atoms with van der Waals surface area (Å²) in [6, 6.07) is 7.89. The zero-order valence-electron chi connectivity index (χ0n) is 12.5. The molecule has 0 unspecified atom stereocenters. The van der Waals surface area contributed by atoms with Crippen molar-refractivity contribution in [3.8, 4) is 0 Å². The van der Waals surface area contributed by atoms with Gasteiger partial charge in [-0.2, -0.15) is 0 Å². The molecule has 0 atom stereocenters. The molecule has 1 aliphatic rings. The molecular weight excluding hydrogens is 264 g/mol. The van der Waals surface area contributed by atoms with E-state index in [1.54, 1.807) is 6.07 Å². The molecular formula is C17H20N2O2. The van der Waals surface area contributed by atoms with Gasteiger partial charge in [0.05, 0.1) is 5.52 Å². The number of aromatic carboxylic acids is 1. The summed E-state index contributed by atoms with van der Waals surface area (Å²) in [6.45, 7) is 6.04. The van der Waals surface area contributed by atoms with Gasteiger partial charge in [0, 0.05) is 18.5 Å². The van der Waals surface area contributed by atoms with E-state index < -0.39 is 5.97 Å². The number of pyridine rings is 1. The number of carbonyl (C=O) groups is 1. The lowest BCUT2D eigenvalue weighted by Crippen LogP contribution is -2.22. The molecule has 0 amide bonds. The molecule has 0 spiro atoms. The van der Waals surface area contributed by atoms with Gasteiger partial charge >= 0.3 is 5.97 Å². The molecule has 3 rings (SSSR count). The van der Waals surface area contributed by atoms with E-state index in [-0.39, 0.29) is 0 Å². The lowest BCUT2D eigenvalue weighted by molar-refractivity contribution is 0.0697. The van der Waals surface area contributed by atoms with Gasteiger partial charge in [0.2, 0.25) is 0 Å². The number of hydrogen-bond donors (Lipinski definition) is 1. The Morgan fingerprint density at radius 1 is 1.24 bits per heavy atom. The van der Waals surface area contributed by atoms with E-state index in [1.165, 1.54) is 5.56 Å². The lowest BCUT2D eigenvalue weighted by Gasteiger charge is -2.19. The van der Waals surface area contributed by atoms with Crippen LogP contribution in [0.2, 0.25) is 0 Å². The Hall–Kier alpha value is -2.10. The number of carboxylic acids is 1. The number of hydrogen-bond acceptors (Lipinski definition) is 3. The third-order valence-corrected chi connectivity index (χ3v) is 4.12. The van der Waals surface area contributed by atoms with E-state index in [9.17, 15) is 9.90 Å². The predicted molar refractivity (Wildman–Crippen MR) is 84.2 cm³/mol. The molecule has 0 bridgehead atoms. The van der Waals surface area contributed by atoms with Gasteiger partial charge in [-0.3, -0.25) is 0 Å². The summed E-state index contributed by atoms with van der Waals surface area (Å²) in [4.78, 5) is 18.3. The van der Waals surface area contributed by atoms with Crippen molar-refractivity contribution in [3.63, 3.8) is 0 Å². The van der Waals surface area contributed by atoms with Crippen LogP contribution in [0.15, 0.2) is 24.3 Å². The first-order valence-electron chi connectivity index (χ1n) is 7.49. The molecule has 21 heavy (non-hydrogen) atoms. The quantitative estimate of drug-likeness (QED) is 0.934. The molecule has 0 aliphatic carbocycles. The molecule has 110 valence electrons. The van der Waals surface area contributed by atoms with Gasteiger partial charge in [-0.25, -0.2) is 9.78 Å². The molecule has 4 nitrogen and oxygen atoms in total. The first kappa shape index (κ1) is 13.9. The Bertz CT molecular complexity index is 688. The Kier molecular flexibility index (Phi) is 3.53. The van der Waals surface area contributed by atoms with Crippen molar-refractivity contribution in [2.24, 2.45) is 0 Å². The fourth-order valence-electron chi connectivity index (χ4n) is 2.87. The predicted octanol–water partition coefficient (Wildman–Crippen LogP) is 3.66. The highest BCUT2D eigenvalue weighted by atomic mass is 16.4. The van der Waals surface area contributed by atoms with Gasteiger partial charge in [-0.05, 0) is 42.5 Å². The Morgan fingerprint density at radius 2 is 1.95 bits per heavy atom. The molecule has 0 saturated carbocycles. The summed E-state index contributed by atoms with van der Waals surface area (Å²) in [5.41, 5.74) is 2.38. The van der Waals surface area contributed by atoms with Crippen molar-refractivity contribution in [3.05, 3.63) is 35.4 Å². The summed E-state index contributed by atoms with van der Waals surface area (Å²) < 4.78 is 0. The molecule has 4 heteroatoms. The maximum absolute atomic E-state index is 11.6. The minimum atomic E-state index is -0.902. The van der Waals surface area contributed by atoms with Crippen molar-refractivity contribution in [1.82, 2.24) is 4.98 Å². The highest BCUT2D eigenvalue weighted by Gasteiger charge is 2.21. The minimum Gasteiger partial charge on any atom is -0.478 e. The van der Waals surface area contributed by atoms with E-state index in [2.05, 4.69) is 29.8 Å². The van der Waals surface area contributed by atoms with Gasteiger partial charge in [0.1, 0.15) is 11.4 Å². The van der Waals surface area contributed by atoms with Crippen LogP contribution in [0, 0.1) is 0 Å². The monoisotopic (exact) mass is 284 g/mol. The summed E-state index contributed by atoms with van der Waals surface area (Å²) >= 11 is 0. The third-order valence-electron chi connectivity index (χ3n) is 4.12. The summed E-state index contributed by atoms with van der Waals surface area (Å²) in [5, 5.41) is 10.4. The number of carboxylic acid groups (broad SMARTS) is 1. The maximum atomic E-state index is 11.6. The van der Waals surface area contributed by atoms with E-state index >= 15 is 0 Å². The Balaban J connectivity index is 2.16. The van der Waals surface area contributed by atoms with E-state index in [1.807, 2.05) is 12.1 Å². The molecule has 2 aromatic rings. The molecule has 1 fully saturated rings. The number of nitrogens with zero attached hydrogens (tertiary/aromatic N) is 2. The largest absolute Gasteiger partial charge is 0.478 e.